The lowest BCUT2D eigenvalue weighted by Gasteiger charge is -2.11. The van der Waals surface area contributed by atoms with Gasteiger partial charge in [0.25, 0.3) is 5.91 Å². The van der Waals surface area contributed by atoms with E-state index in [-0.39, 0.29) is 17.1 Å². The smallest absolute Gasteiger partial charge is 0.387 e. The highest BCUT2D eigenvalue weighted by Gasteiger charge is 2.15. The van der Waals surface area contributed by atoms with Crippen LogP contribution in [-0.2, 0) is 6.54 Å². The number of carbonyl (C=O) groups is 1. The number of methoxy groups -OCH3 is 2. The maximum Gasteiger partial charge on any atom is 0.387 e. The Bertz CT molecular complexity index is 991. The molecule has 1 amide bonds. The zero-order valence-corrected chi connectivity index (χ0v) is 15.8. The van der Waals surface area contributed by atoms with E-state index in [0.29, 0.717) is 12.2 Å². The fraction of sp³-hybridized carbons (Fsp3) is 0.200. The molecule has 0 spiro atoms. The van der Waals surface area contributed by atoms with Crippen molar-refractivity contribution in [2.24, 2.45) is 0 Å². The molecule has 3 rings (SSSR count). The molecule has 1 aromatic heterocycles. The summed E-state index contributed by atoms with van der Waals surface area (Å²) in [6, 6.07) is 11.5. The van der Waals surface area contributed by atoms with Gasteiger partial charge in [0.05, 0.1) is 32.6 Å². The number of benzene rings is 2. The van der Waals surface area contributed by atoms with E-state index in [9.17, 15) is 13.6 Å². The first-order valence-corrected chi connectivity index (χ1v) is 8.58. The summed E-state index contributed by atoms with van der Waals surface area (Å²) < 4.78 is 41.1. The van der Waals surface area contributed by atoms with Crippen molar-refractivity contribution in [2.45, 2.75) is 13.2 Å². The van der Waals surface area contributed by atoms with Crippen LogP contribution in [0.1, 0.15) is 15.9 Å². The Labute approximate surface area is 165 Å². The minimum Gasteiger partial charge on any atom is -0.497 e. The van der Waals surface area contributed by atoms with Crippen molar-refractivity contribution in [1.82, 2.24) is 9.78 Å². The van der Waals surface area contributed by atoms with Gasteiger partial charge in [0, 0.05) is 11.8 Å². The summed E-state index contributed by atoms with van der Waals surface area (Å²) in [6.45, 7) is -2.49. The van der Waals surface area contributed by atoms with Crippen LogP contribution in [-0.4, -0.2) is 36.5 Å². The second-order valence-electron chi connectivity index (χ2n) is 5.98. The molecule has 7 nitrogen and oxygen atoms in total. The molecule has 0 aliphatic rings. The van der Waals surface area contributed by atoms with E-state index in [2.05, 4.69) is 15.2 Å². The lowest BCUT2D eigenvalue weighted by molar-refractivity contribution is -0.0512. The quantitative estimate of drug-likeness (QED) is 0.619. The molecule has 1 N–H and O–H groups in total. The number of hydrogen-bond donors (Lipinski definition) is 1. The van der Waals surface area contributed by atoms with Gasteiger partial charge < -0.3 is 19.5 Å². The Kier molecular flexibility index (Phi) is 6.28. The molecule has 3 aromatic rings. The Morgan fingerprint density at radius 1 is 1.14 bits per heavy atom. The molecule has 0 aliphatic carbocycles. The zero-order chi connectivity index (χ0) is 20.8. The van der Waals surface area contributed by atoms with Gasteiger partial charge in [-0.1, -0.05) is 12.1 Å². The maximum absolute atomic E-state index is 12.5. The highest BCUT2D eigenvalue weighted by atomic mass is 19.3. The van der Waals surface area contributed by atoms with E-state index >= 15 is 0 Å². The van der Waals surface area contributed by atoms with Crippen molar-refractivity contribution in [1.29, 1.82) is 0 Å². The highest BCUT2D eigenvalue weighted by molar-refractivity contribution is 6.04. The van der Waals surface area contributed by atoms with Gasteiger partial charge in [-0.3, -0.25) is 9.48 Å². The number of alkyl halides is 2. The zero-order valence-electron chi connectivity index (χ0n) is 15.8. The van der Waals surface area contributed by atoms with E-state index in [1.54, 1.807) is 18.0 Å². The third-order valence-corrected chi connectivity index (χ3v) is 4.01. The van der Waals surface area contributed by atoms with E-state index in [0.717, 1.165) is 11.3 Å². The standard InChI is InChI=1S/C20H19F2N3O4/c1-27-16-5-3-4-13(8-16)11-25-12-15(10-23-25)24-19(26)14-6-7-17(29-20(21)22)18(9-14)28-2/h3-10,12,20H,11H2,1-2H3,(H,24,26). The Balaban J connectivity index is 1.68. The number of rotatable bonds is 8. The number of carbonyl (C=O) groups excluding carboxylic acids is 1. The number of ether oxygens (including phenoxy) is 3. The molecule has 9 heteroatoms. The first kappa shape index (κ1) is 20.1. The monoisotopic (exact) mass is 403 g/mol. The minimum atomic E-state index is -2.99. The third kappa shape index (κ3) is 5.22. The molecule has 0 radical (unpaired) electrons. The largest absolute Gasteiger partial charge is 0.497 e. The third-order valence-electron chi connectivity index (χ3n) is 4.01. The minimum absolute atomic E-state index is 0.0340. The second-order valence-corrected chi connectivity index (χ2v) is 5.98. The van der Waals surface area contributed by atoms with Gasteiger partial charge in [-0.05, 0) is 35.9 Å². The summed E-state index contributed by atoms with van der Waals surface area (Å²) in [5.74, 6) is 0.195. The average Bonchev–Trinajstić information content (AvgIpc) is 3.14. The van der Waals surface area contributed by atoms with Gasteiger partial charge >= 0.3 is 6.61 Å². The van der Waals surface area contributed by atoms with E-state index in [1.165, 1.54) is 31.5 Å². The summed E-state index contributed by atoms with van der Waals surface area (Å²) in [5.41, 5.74) is 1.71. The molecule has 0 bridgehead atoms. The van der Waals surface area contributed by atoms with Crippen LogP contribution in [0.5, 0.6) is 17.2 Å². The Morgan fingerprint density at radius 2 is 1.97 bits per heavy atom. The number of anilines is 1. The van der Waals surface area contributed by atoms with E-state index in [4.69, 9.17) is 9.47 Å². The second kappa shape index (κ2) is 9.05. The fourth-order valence-corrected chi connectivity index (χ4v) is 2.68. The van der Waals surface area contributed by atoms with Crippen LogP contribution in [0, 0.1) is 0 Å². The molecule has 0 fully saturated rings. The van der Waals surface area contributed by atoms with Crippen molar-refractivity contribution >= 4 is 11.6 Å². The van der Waals surface area contributed by atoms with Crippen LogP contribution in [0.4, 0.5) is 14.5 Å². The Morgan fingerprint density at radius 3 is 2.69 bits per heavy atom. The normalized spacial score (nSPS) is 10.7. The number of amides is 1. The average molecular weight is 403 g/mol. The number of nitrogens with one attached hydrogen (secondary N) is 1. The SMILES string of the molecule is COc1cccc(Cn2cc(NC(=O)c3ccc(OC(F)F)c(OC)c3)cn2)c1. The number of aromatic nitrogens is 2. The van der Waals surface area contributed by atoms with Gasteiger partial charge in [0.2, 0.25) is 0 Å². The van der Waals surface area contributed by atoms with Crippen LogP contribution in [0.3, 0.4) is 0 Å². The van der Waals surface area contributed by atoms with Crippen LogP contribution >= 0.6 is 0 Å². The highest BCUT2D eigenvalue weighted by Crippen LogP contribution is 2.29. The summed E-state index contributed by atoms with van der Waals surface area (Å²) in [4.78, 5) is 12.5. The molecule has 29 heavy (non-hydrogen) atoms. The topological polar surface area (TPSA) is 74.6 Å². The lowest BCUT2D eigenvalue weighted by atomic mass is 10.2. The predicted molar refractivity (Wildman–Crippen MR) is 102 cm³/mol. The van der Waals surface area contributed by atoms with Gasteiger partial charge in [-0.15, -0.1) is 0 Å². The summed E-state index contributed by atoms with van der Waals surface area (Å²) >= 11 is 0. The molecule has 152 valence electrons. The predicted octanol–water partition coefficient (Wildman–Crippen LogP) is 3.80. The van der Waals surface area contributed by atoms with Gasteiger partial charge in [-0.25, -0.2) is 0 Å². The molecule has 0 unspecified atom stereocenters. The van der Waals surface area contributed by atoms with Gasteiger partial charge in [-0.2, -0.15) is 13.9 Å². The molecule has 0 atom stereocenters. The number of hydrogen-bond acceptors (Lipinski definition) is 5. The maximum atomic E-state index is 12.5. The Hall–Kier alpha value is -3.62. The molecule has 2 aromatic carbocycles. The van der Waals surface area contributed by atoms with Crippen LogP contribution in [0.25, 0.3) is 0 Å². The van der Waals surface area contributed by atoms with Crippen molar-refractivity contribution in [2.75, 3.05) is 19.5 Å². The van der Waals surface area contributed by atoms with Crippen LogP contribution < -0.4 is 19.5 Å². The molecular formula is C20H19F2N3O4. The summed E-state index contributed by atoms with van der Waals surface area (Å²) in [5, 5.41) is 6.93. The van der Waals surface area contributed by atoms with E-state index < -0.39 is 12.5 Å². The molecule has 0 saturated heterocycles. The van der Waals surface area contributed by atoms with Crippen molar-refractivity contribution in [3.63, 3.8) is 0 Å². The van der Waals surface area contributed by atoms with Crippen molar-refractivity contribution in [3.05, 3.63) is 66.0 Å². The molecule has 0 aliphatic heterocycles. The summed E-state index contributed by atoms with van der Waals surface area (Å²) in [6.07, 6.45) is 3.20. The van der Waals surface area contributed by atoms with Crippen molar-refractivity contribution in [3.8, 4) is 17.2 Å². The fourth-order valence-electron chi connectivity index (χ4n) is 2.68. The van der Waals surface area contributed by atoms with E-state index in [1.807, 2.05) is 24.3 Å². The summed E-state index contributed by atoms with van der Waals surface area (Å²) in [7, 11) is 2.90. The number of nitrogens with zero attached hydrogens (tertiary/aromatic N) is 2. The first-order valence-electron chi connectivity index (χ1n) is 8.58. The molecule has 0 saturated carbocycles. The van der Waals surface area contributed by atoms with Crippen LogP contribution in [0.2, 0.25) is 0 Å². The molecule has 1 heterocycles. The number of halogens is 2. The lowest BCUT2D eigenvalue weighted by Crippen LogP contribution is -2.12. The molecular weight excluding hydrogens is 384 g/mol. The van der Waals surface area contributed by atoms with Gasteiger partial charge in [0.1, 0.15) is 5.75 Å². The van der Waals surface area contributed by atoms with Crippen molar-refractivity contribution < 1.29 is 27.8 Å². The first-order chi connectivity index (χ1) is 14.0. The van der Waals surface area contributed by atoms with Gasteiger partial charge in [0.15, 0.2) is 11.5 Å². The van der Waals surface area contributed by atoms with Crippen LogP contribution in [0.15, 0.2) is 54.9 Å².